The molecule has 0 aliphatic heterocycles. The average Bonchev–Trinajstić information content (AvgIpc) is 3.39. The zero-order valence-corrected chi connectivity index (χ0v) is 22.9. The van der Waals surface area contributed by atoms with Gasteiger partial charge in [-0.1, -0.05) is 49.6 Å². The lowest BCUT2D eigenvalue weighted by Crippen LogP contribution is -2.47. The molecule has 1 aromatic heterocycles. The maximum Gasteiger partial charge on any atom is 0.248 e. The van der Waals surface area contributed by atoms with Gasteiger partial charge < -0.3 is 24.9 Å². The van der Waals surface area contributed by atoms with Gasteiger partial charge in [0.2, 0.25) is 11.8 Å². The summed E-state index contributed by atoms with van der Waals surface area (Å²) < 4.78 is 11.0. The SMILES string of the molecule is COc1ccc(N(C(=O)Cc2c[nH]c3ccccc23)[C@H](C(=O)NC2CCCCC2)c2ccc(O)cc2)cc1OC. The molecule has 1 aliphatic carbocycles. The van der Waals surface area contributed by atoms with Gasteiger partial charge in [0.05, 0.1) is 20.6 Å². The van der Waals surface area contributed by atoms with Gasteiger partial charge in [-0.3, -0.25) is 14.5 Å². The smallest absolute Gasteiger partial charge is 0.248 e. The maximum atomic E-state index is 14.3. The van der Waals surface area contributed by atoms with Crippen LogP contribution in [0.1, 0.15) is 49.3 Å². The van der Waals surface area contributed by atoms with Crippen molar-refractivity contribution in [3.63, 3.8) is 0 Å². The zero-order valence-electron chi connectivity index (χ0n) is 22.9. The lowest BCUT2D eigenvalue weighted by atomic mass is 9.94. The van der Waals surface area contributed by atoms with Crippen LogP contribution in [0.3, 0.4) is 0 Å². The second-order valence-corrected chi connectivity index (χ2v) is 10.2. The van der Waals surface area contributed by atoms with Gasteiger partial charge in [-0.2, -0.15) is 0 Å². The fraction of sp³-hybridized carbons (Fsp3) is 0.312. The van der Waals surface area contributed by atoms with Crippen LogP contribution >= 0.6 is 0 Å². The normalized spacial score (nSPS) is 14.4. The number of aromatic amines is 1. The lowest BCUT2D eigenvalue weighted by Gasteiger charge is -2.34. The summed E-state index contributed by atoms with van der Waals surface area (Å²) in [5.74, 6) is 0.525. The molecule has 3 aromatic carbocycles. The van der Waals surface area contributed by atoms with Gasteiger partial charge in [-0.25, -0.2) is 0 Å². The van der Waals surface area contributed by atoms with E-state index in [4.69, 9.17) is 9.47 Å². The highest BCUT2D eigenvalue weighted by atomic mass is 16.5. The largest absolute Gasteiger partial charge is 0.508 e. The number of hydrogen-bond acceptors (Lipinski definition) is 5. The minimum atomic E-state index is -0.974. The number of para-hydroxylation sites is 1. The van der Waals surface area contributed by atoms with Crippen LogP contribution in [0.5, 0.6) is 17.2 Å². The van der Waals surface area contributed by atoms with Gasteiger partial charge in [-0.15, -0.1) is 0 Å². The third-order valence-electron chi connectivity index (χ3n) is 7.60. The summed E-state index contributed by atoms with van der Waals surface area (Å²) in [5.41, 5.74) is 2.86. The number of benzene rings is 3. The van der Waals surface area contributed by atoms with Crippen LogP contribution in [0.4, 0.5) is 5.69 Å². The first-order chi connectivity index (χ1) is 19.5. The van der Waals surface area contributed by atoms with Crippen molar-refractivity contribution in [2.45, 2.75) is 50.6 Å². The number of carbonyl (C=O) groups is 2. The lowest BCUT2D eigenvalue weighted by molar-refractivity contribution is -0.127. The molecule has 208 valence electrons. The molecule has 2 amide bonds. The number of methoxy groups -OCH3 is 2. The Hall–Kier alpha value is -4.46. The van der Waals surface area contributed by atoms with E-state index >= 15 is 0 Å². The van der Waals surface area contributed by atoms with Crippen molar-refractivity contribution in [1.82, 2.24) is 10.3 Å². The number of aromatic hydroxyl groups is 1. The van der Waals surface area contributed by atoms with Crippen molar-refractivity contribution in [3.8, 4) is 17.2 Å². The quantitative estimate of drug-likeness (QED) is 0.254. The number of nitrogens with zero attached hydrogens (tertiary/aromatic N) is 1. The summed E-state index contributed by atoms with van der Waals surface area (Å²) >= 11 is 0. The van der Waals surface area contributed by atoms with Crippen molar-refractivity contribution < 1.29 is 24.2 Å². The Kier molecular flexibility index (Phi) is 8.24. The van der Waals surface area contributed by atoms with Gasteiger partial charge in [0.25, 0.3) is 0 Å². The number of fused-ring (bicyclic) bond motifs is 1. The van der Waals surface area contributed by atoms with Crippen LogP contribution in [0.25, 0.3) is 10.9 Å². The van der Waals surface area contributed by atoms with Gasteiger partial charge in [0.1, 0.15) is 11.8 Å². The number of anilines is 1. The summed E-state index contributed by atoms with van der Waals surface area (Å²) in [6.45, 7) is 0. The highest BCUT2D eigenvalue weighted by Gasteiger charge is 2.35. The Morgan fingerprint density at radius 3 is 2.42 bits per heavy atom. The van der Waals surface area contributed by atoms with Crippen LogP contribution < -0.4 is 19.7 Å². The Morgan fingerprint density at radius 1 is 0.975 bits per heavy atom. The number of rotatable bonds is 9. The Bertz CT molecular complexity index is 1470. The minimum Gasteiger partial charge on any atom is -0.508 e. The predicted octanol–water partition coefficient (Wildman–Crippen LogP) is 5.66. The van der Waals surface area contributed by atoms with E-state index in [2.05, 4.69) is 10.3 Å². The number of ether oxygens (including phenoxy) is 2. The standard InChI is InChI=1S/C32H35N3O5/c1-39-28-17-14-24(19-29(28)40-2)35(30(37)18-22-20-33-27-11-7-6-10-26(22)27)31(21-12-15-25(36)16-13-21)32(38)34-23-8-4-3-5-9-23/h6-7,10-17,19-20,23,31,33,36H,3-5,8-9,18H2,1-2H3,(H,34,38)/t31-/m0/s1. The molecule has 1 fully saturated rings. The van der Waals surface area contributed by atoms with E-state index in [9.17, 15) is 14.7 Å². The number of carbonyl (C=O) groups excluding carboxylic acids is 2. The van der Waals surface area contributed by atoms with Gasteiger partial charge in [0.15, 0.2) is 11.5 Å². The molecule has 4 aromatic rings. The Balaban J connectivity index is 1.60. The van der Waals surface area contributed by atoms with E-state index in [-0.39, 0.29) is 30.0 Å². The van der Waals surface area contributed by atoms with E-state index < -0.39 is 6.04 Å². The fourth-order valence-electron chi connectivity index (χ4n) is 5.54. The molecular formula is C32H35N3O5. The van der Waals surface area contributed by atoms with Crippen molar-refractivity contribution in [3.05, 3.63) is 84.1 Å². The number of aromatic nitrogens is 1. The molecule has 1 saturated carbocycles. The van der Waals surface area contributed by atoms with Crippen LogP contribution in [0, 0.1) is 0 Å². The van der Waals surface area contributed by atoms with Crippen molar-refractivity contribution in [2.24, 2.45) is 0 Å². The molecule has 1 aliphatic rings. The first-order valence-corrected chi connectivity index (χ1v) is 13.7. The monoisotopic (exact) mass is 541 g/mol. The Morgan fingerprint density at radius 2 is 1.70 bits per heavy atom. The highest BCUT2D eigenvalue weighted by Crippen LogP contribution is 2.37. The van der Waals surface area contributed by atoms with Crippen LogP contribution in [-0.2, 0) is 16.0 Å². The van der Waals surface area contributed by atoms with E-state index in [0.29, 0.717) is 22.7 Å². The number of nitrogens with one attached hydrogen (secondary N) is 2. The van der Waals surface area contributed by atoms with Crippen LogP contribution in [-0.4, -0.2) is 42.2 Å². The van der Waals surface area contributed by atoms with Gasteiger partial charge >= 0.3 is 0 Å². The molecule has 0 bridgehead atoms. The van der Waals surface area contributed by atoms with Gasteiger partial charge in [-0.05, 0) is 54.3 Å². The summed E-state index contributed by atoms with van der Waals surface area (Å²) in [6, 6.07) is 18.5. The van der Waals surface area contributed by atoms with E-state index in [0.717, 1.165) is 48.6 Å². The molecule has 1 atom stereocenters. The van der Waals surface area contributed by atoms with E-state index in [1.807, 2.05) is 30.5 Å². The summed E-state index contributed by atoms with van der Waals surface area (Å²) in [5, 5.41) is 14.2. The molecule has 8 nitrogen and oxygen atoms in total. The highest BCUT2D eigenvalue weighted by molar-refractivity contribution is 6.03. The van der Waals surface area contributed by atoms with Crippen molar-refractivity contribution in [2.75, 3.05) is 19.1 Å². The molecular weight excluding hydrogens is 506 g/mol. The molecule has 5 rings (SSSR count). The summed E-state index contributed by atoms with van der Waals surface area (Å²) in [4.78, 5) is 33.1. The van der Waals surface area contributed by atoms with E-state index in [1.165, 1.54) is 24.1 Å². The molecule has 0 radical (unpaired) electrons. The van der Waals surface area contributed by atoms with Crippen molar-refractivity contribution >= 4 is 28.4 Å². The third-order valence-corrected chi connectivity index (χ3v) is 7.60. The first-order valence-electron chi connectivity index (χ1n) is 13.7. The van der Waals surface area contributed by atoms with Crippen LogP contribution in [0.15, 0.2) is 72.9 Å². The maximum absolute atomic E-state index is 14.3. The summed E-state index contributed by atoms with van der Waals surface area (Å²) in [7, 11) is 3.08. The molecule has 0 saturated heterocycles. The molecule has 8 heteroatoms. The number of phenols is 1. The predicted molar refractivity (Wildman–Crippen MR) is 155 cm³/mol. The Labute approximate surface area is 233 Å². The molecule has 3 N–H and O–H groups in total. The number of hydrogen-bond donors (Lipinski definition) is 3. The number of amides is 2. The average molecular weight is 542 g/mol. The number of H-pyrrole nitrogens is 1. The molecule has 1 heterocycles. The fourth-order valence-corrected chi connectivity index (χ4v) is 5.54. The van der Waals surface area contributed by atoms with Crippen molar-refractivity contribution in [1.29, 1.82) is 0 Å². The second kappa shape index (κ2) is 12.2. The molecule has 0 spiro atoms. The van der Waals surface area contributed by atoms with E-state index in [1.54, 1.807) is 37.4 Å². The summed E-state index contributed by atoms with van der Waals surface area (Å²) in [6.07, 6.45) is 7.02. The molecule has 0 unspecified atom stereocenters. The number of phenolic OH excluding ortho intramolecular Hbond substituents is 1. The van der Waals surface area contributed by atoms with Gasteiger partial charge in [0, 0.05) is 34.9 Å². The first kappa shape index (κ1) is 27.1. The molecule has 40 heavy (non-hydrogen) atoms. The topological polar surface area (TPSA) is 104 Å². The second-order valence-electron chi connectivity index (χ2n) is 10.2. The third kappa shape index (κ3) is 5.76. The minimum absolute atomic E-state index is 0.0526. The van der Waals surface area contributed by atoms with Crippen LogP contribution in [0.2, 0.25) is 0 Å². The zero-order chi connectivity index (χ0) is 28.1.